The second kappa shape index (κ2) is 3.80. The smallest absolute Gasteiger partial charge is 0.0387 e. The number of hydrogen-bond acceptors (Lipinski definition) is 2. The second-order valence-electron chi connectivity index (χ2n) is 4.71. The normalized spacial score (nSPS) is 22.3. The molecule has 3 N–H and O–H groups in total. The lowest BCUT2D eigenvalue weighted by Crippen LogP contribution is -2.33. The van der Waals surface area contributed by atoms with E-state index >= 15 is 0 Å². The molecule has 0 aliphatic carbocycles. The van der Waals surface area contributed by atoms with Crippen molar-refractivity contribution in [3.8, 4) is 0 Å². The maximum absolute atomic E-state index is 5.69. The van der Waals surface area contributed by atoms with Crippen molar-refractivity contribution in [3.05, 3.63) is 28.2 Å². The van der Waals surface area contributed by atoms with Crippen molar-refractivity contribution in [3.63, 3.8) is 0 Å². The molecule has 2 nitrogen and oxygen atoms in total. The van der Waals surface area contributed by atoms with E-state index < -0.39 is 0 Å². The molecule has 0 saturated carbocycles. The first-order chi connectivity index (χ1) is 7.04. The van der Waals surface area contributed by atoms with Crippen molar-refractivity contribution in [2.45, 2.75) is 31.7 Å². The highest BCUT2D eigenvalue weighted by Gasteiger charge is 2.37. The number of fused-ring (bicyclic) bond motifs is 1. The van der Waals surface area contributed by atoms with Crippen molar-refractivity contribution in [1.29, 1.82) is 0 Å². The van der Waals surface area contributed by atoms with Crippen molar-refractivity contribution in [2.75, 3.05) is 11.9 Å². The maximum Gasteiger partial charge on any atom is 0.0387 e. The molecular weight excluding hydrogens is 252 g/mol. The summed E-state index contributed by atoms with van der Waals surface area (Å²) in [5.41, 5.74) is 8.44. The minimum absolute atomic E-state index is 0.114. The van der Waals surface area contributed by atoms with Gasteiger partial charge in [-0.1, -0.05) is 15.9 Å². The lowest BCUT2D eigenvalue weighted by atomic mass is 9.83. The van der Waals surface area contributed by atoms with E-state index in [-0.39, 0.29) is 5.54 Å². The lowest BCUT2D eigenvalue weighted by Gasteiger charge is -2.27. The summed E-state index contributed by atoms with van der Waals surface area (Å²) in [6.07, 6.45) is 1.03. The Hall–Kier alpha value is -0.540. The summed E-state index contributed by atoms with van der Waals surface area (Å²) >= 11 is 3.52. The standard InChI is InChI=1S/C12H17BrN2/c1-12(2)10(5-6-14)9-7-8(13)3-4-11(9)15-12/h3-4,7,10,15H,5-6,14H2,1-2H3. The number of rotatable bonds is 2. The molecular formula is C12H17BrN2. The Morgan fingerprint density at radius 3 is 2.87 bits per heavy atom. The average Bonchev–Trinajstić information content (AvgIpc) is 2.39. The van der Waals surface area contributed by atoms with E-state index in [1.54, 1.807) is 0 Å². The third kappa shape index (κ3) is 1.91. The summed E-state index contributed by atoms with van der Waals surface area (Å²) in [6.45, 7) is 5.21. The van der Waals surface area contributed by atoms with Gasteiger partial charge in [0.05, 0.1) is 0 Å². The fourth-order valence-corrected chi connectivity index (χ4v) is 2.82. The average molecular weight is 269 g/mol. The molecule has 0 amide bonds. The molecule has 0 aromatic heterocycles. The Kier molecular flexibility index (Phi) is 2.77. The number of nitrogens with two attached hydrogens (primary N) is 1. The van der Waals surface area contributed by atoms with Gasteiger partial charge < -0.3 is 11.1 Å². The van der Waals surface area contributed by atoms with Crippen LogP contribution in [0.4, 0.5) is 5.69 Å². The molecule has 1 aromatic rings. The number of halogens is 1. The summed E-state index contributed by atoms with van der Waals surface area (Å²) in [5, 5.41) is 3.56. The molecule has 15 heavy (non-hydrogen) atoms. The molecule has 1 unspecified atom stereocenters. The van der Waals surface area contributed by atoms with E-state index in [0.717, 1.165) is 17.4 Å². The Morgan fingerprint density at radius 2 is 2.20 bits per heavy atom. The van der Waals surface area contributed by atoms with Crippen LogP contribution in [0.15, 0.2) is 22.7 Å². The third-order valence-corrected chi connectivity index (χ3v) is 3.67. The van der Waals surface area contributed by atoms with E-state index in [0.29, 0.717) is 5.92 Å². The van der Waals surface area contributed by atoms with E-state index in [1.807, 2.05) is 0 Å². The Bertz CT molecular complexity index is 374. The zero-order chi connectivity index (χ0) is 11.1. The molecule has 0 radical (unpaired) electrons. The van der Waals surface area contributed by atoms with Crippen molar-refractivity contribution >= 4 is 21.6 Å². The third-order valence-electron chi connectivity index (χ3n) is 3.17. The molecule has 82 valence electrons. The molecule has 1 aliphatic rings. The fourth-order valence-electron chi connectivity index (χ4n) is 2.44. The number of anilines is 1. The van der Waals surface area contributed by atoms with E-state index in [9.17, 15) is 0 Å². The molecule has 0 spiro atoms. The van der Waals surface area contributed by atoms with Gasteiger partial charge in [0.1, 0.15) is 0 Å². The van der Waals surface area contributed by atoms with Crippen LogP contribution in [0.1, 0.15) is 31.7 Å². The highest BCUT2D eigenvalue weighted by atomic mass is 79.9. The minimum atomic E-state index is 0.114. The second-order valence-corrected chi connectivity index (χ2v) is 5.62. The van der Waals surface area contributed by atoms with Crippen LogP contribution in [0.2, 0.25) is 0 Å². The molecule has 0 fully saturated rings. The molecule has 0 bridgehead atoms. The van der Waals surface area contributed by atoms with Gasteiger partial charge in [0.25, 0.3) is 0 Å². The van der Waals surface area contributed by atoms with Crippen LogP contribution in [-0.2, 0) is 0 Å². The summed E-state index contributed by atoms with van der Waals surface area (Å²) in [5.74, 6) is 0.509. The van der Waals surface area contributed by atoms with Crippen LogP contribution < -0.4 is 11.1 Å². The van der Waals surface area contributed by atoms with Gasteiger partial charge in [-0.05, 0) is 50.6 Å². The Labute approximate surface area is 99.4 Å². The van der Waals surface area contributed by atoms with Crippen LogP contribution in [0.3, 0.4) is 0 Å². The molecule has 1 atom stereocenters. The predicted octanol–water partition coefficient (Wildman–Crippen LogP) is 3.09. The molecule has 1 heterocycles. The highest BCUT2D eigenvalue weighted by Crippen LogP contribution is 2.44. The summed E-state index contributed by atoms with van der Waals surface area (Å²) in [7, 11) is 0. The molecule has 1 aliphatic heterocycles. The van der Waals surface area contributed by atoms with E-state index in [4.69, 9.17) is 5.73 Å². The van der Waals surface area contributed by atoms with E-state index in [1.165, 1.54) is 11.3 Å². The highest BCUT2D eigenvalue weighted by molar-refractivity contribution is 9.10. The summed E-state index contributed by atoms with van der Waals surface area (Å²) in [6, 6.07) is 6.42. The van der Waals surface area contributed by atoms with Crippen LogP contribution in [0, 0.1) is 0 Å². The van der Waals surface area contributed by atoms with Gasteiger partial charge in [0.2, 0.25) is 0 Å². The first kappa shape index (κ1) is 11.0. The Morgan fingerprint density at radius 1 is 1.47 bits per heavy atom. The monoisotopic (exact) mass is 268 g/mol. The first-order valence-corrected chi connectivity index (χ1v) is 6.11. The van der Waals surface area contributed by atoms with Gasteiger partial charge >= 0.3 is 0 Å². The van der Waals surface area contributed by atoms with Crippen LogP contribution >= 0.6 is 15.9 Å². The van der Waals surface area contributed by atoms with Crippen LogP contribution in [-0.4, -0.2) is 12.1 Å². The predicted molar refractivity (Wildman–Crippen MR) is 68.3 cm³/mol. The van der Waals surface area contributed by atoms with Crippen molar-refractivity contribution in [1.82, 2.24) is 0 Å². The first-order valence-electron chi connectivity index (χ1n) is 5.32. The molecule has 2 rings (SSSR count). The van der Waals surface area contributed by atoms with Gasteiger partial charge in [0, 0.05) is 21.6 Å². The quantitative estimate of drug-likeness (QED) is 0.865. The lowest BCUT2D eigenvalue weighted by molar-refractivity contribution is 0.451. The zero-order valence-electron chi connectivity index (χ0n) is 9.18. The topological polar surface area (TPSA) is 38.0 Å². The van der Waals surface area contributed by atoms with Crippen LogP contribution in [0.25, 0.3) is 0 Å². The molecule has 0 saturated heterocycles. The van der Waals surface area contributed by atoms with Crippen LogP contribution in [0.5, 0.6) is 0 Å². The van der Waals surface area contributed by atoms with Gasteiger partial charge in [-0.15, -0.1) is 0 Å². The van der Waals surface area contributed by atoms with E-state index in [2.05, 4.69) is 53.3 Å². The Balaban J connectivity index is 2.42. The largest absolute Gasteiger partial charge is 0.379 e. The van der Waals surface area contributed by atoms with Gasteiger partial charge in [0.15, 0.2) is 0 Å². The zero-order valence-corrected chi connectivity index (χ0v) is 10.8. The molecule has 3 heteroatoms. The summed E-state index contributed by atoms with van der Waals surface area (Å²) < 4.78 is 1.14. The van der Waals surface area contributed by atoms with Gasteiger partial charge in [-0.3, -0.25) is 0 Å². The maximum atomic E-state index is 5.69. The van der Waals surface area contributed by atoms with Crippen molar-refractivity contribution < 1.29 is 0 Å². The van der Waals surface area contributed by atoms with Gasteiger partial charge in [-0.2, -0.15) is 0 Å². The van der Waals surface area contributed by atoms with Gasteiger partial charge in [-0.25, -0.2) is 0 Å². The number of hydrogen-bond donors (Lipinski definition) is 2. The summed E-state index contributed by atoms with van der Waals surface area (Å²) in [4.78, 5) is 0. The number of benzene rings is 1. The van der Waals surface area contributed by atoms with Crippen molar-refractivity contribution in [2.24, 2.45) is 5.73 Å². The molecule has 1 aromatic carbocycles. The SMILES string of the molecule is CC1(C)Nc2ccc(Br)cc2C1CCN. The fraction of sp³-hybridized carbons (Fsp3) is 0.500. The minimum Gasteiger partial charge on any atom is -0.379 e. The number of nitrogens with one attached hydrogen (secondary N) is 1.